The van der Waals surface area contributed by atoms with Crippen LogP contribution in [0.15, 0.2) is 148 Å². The molecule has 2 fully saturated rings. The summed E-state index contributed by atoms with van der Waals surface area (Å²) in [4.78, 5) is 53.6. The predicted octanol–water partition coefficient (Wildman–Crippen LogP) is 7.44. The molecule has 4 aromatic carbocycles. The first-order valence-electron chi connectivity index (χ1n) is 20.8. The molecule has 2 aliphatic carbocycles. The van der Waals surface area contributed by atoms with Gasteiger partial charge in [0.05, 0.1) is 35.2 Å². The van der Waals surface area contributed by atoms with Gasteiger partial charge < -0.3 is 10.6 Å². The molecule has 8 aromatic rings. The molecule has 4 N–H and O–H groups in total. The van der Waals surface area contributed by atoms with Crippen molar-refractivity contribution >= 4 is 49.7 Å². The number of hydrogen-bond acceptors (Lipinski definition) is 9. The van der Waals surface area contributed by atoms with E-state index in [2.05, 4.69) is 34.9 Å². The standard InChI is InChI=1S/C25H20F3N5O3S.C22H19N5O2S/c1-37(36,32-24(35)25(26,27)28)23-21-29-13-20(33(21)14-19(31-23)15-5-3-2-4-6-15)16-7-9-17(10-8-16)22(34)30-18-11-12-18;23-30(29)22-20-24-12-19(27(20)13-18(26-22)14-4-2-1-3-5-14)15-6-8-16(9-7-15)21(28)25-17-10-11-17/h2-10,13-14,18H,11-12H2,1H3,(H,30,34);1-9,12-13,17H,10-11,23H2,(H,25,28). The SMILES string of the molecule is CS(=O)(=NC(=O)C(F)(F)F)c1nc(-c2ccccc2)cn2c(-c3ccc(C(=O)NC4CC4)cc3)cnc12.NS(=O)c1nc(-c2ccccc2)cn2c(-c3ccc(C(=O)NC4CC4)cc3)cnc12. The van der Waals surface area contributed by atoms with E-state index in [4.69, 9.17) is 5.14 Å². The fraction of sp³-hybridized carbons (Fsp3) is 0.170. The van der Waals surface area contributed by atoms with E-state index < -0.39 is 32.8 Å². The second kappa shape index (κ2) is 18.1. The van der Waals surface area contributed by atoms with Gasteiger partial charge in [-0.2, -0.15) is 13.2 Å². The number of rotatable bonds is 10. The van der Waals surface area contributed by atoms with Crippen LogP contribution in [0.3, 0.4) is 0 Å². The van der Waals surface area contributed by atoms with Crippen molar-refractivity contribution in [3.05, 3.63) is 145 Å². The number of nitrogens with one attached hydrogen (secondary N) is 2. The molecule has 4 heterocycles. The number of nitrogens with zero attached hydrogens (tertiary/aromatic N) is 7. The monoisotopic (exact) mass is 944 g/mol. The molecule has 340 valence electrons. The van der Waals surface area contributed by atoms with Crippen molar-refractivity contribution < 1.29 is 36.0 Å². The maximum Gasteiger partial charge on any atom is 0.474 e. The third-order valence-electron chi connectivity index (χ3n) is 10.8. The second-order valence-corrected chi connectivity index (χ2v) is 19.1. The highest BCUT2D eigenvalue weighted by molar-refractivity contribution is 7.93. The van der Waals surface area contributed by atoms with Gasteiger partial charge in [0.25, 0.3) is 11.8 Å². The molecular weight excluding hydrogens is 906 g/mol. The molecule has 0 spiro atoms. The largest absolute Gasteiger partial charge is 0.474 e. The lowest BCUT2D eigenvalue weighted by molar-refractivity contribution is -0.169. The van der Waals surface area contributed by atoms with Gasteiger partial charge in [0.15, 0.2) is 21.3 Å². The molecule has 67 heavy (non-hydrogen) atoms. The summed E-state index contributed by atoms with van der Waals surface area (Å²) in [5.41, 5.74) is 6.83. The number of carbonyl (C=O) groups excluding carboxylic acids is 3. The van der Waals surface area contributed by atoms with E-state index in [0.29, 0.717) is 51.0 Å². The molecule has 0 radical (unpaired) electrons. The van der Waals surface area contributed by atoms with Crippen molar-refractivity contribution in [2.75, 3.05) is 6.26 Å². The maximum atomic E-state index is 13.4. The van der Waals surface area contributed by atoms with E-state index in [1.807, 2.05) is 53.1 Å². The van der Waals surface area contributed by atoms with Crippen LogP contribution >= 0.6 is 0 Å². The summed E-state index contributed by atoms with van der Waals surface area (Å²) in [6, 6.07) is 33.0. The molecule has 10 rings (SSSR count). The van der Waals surface area contributed by atoms with Gasteiger partial charge >= 0.3 is 12.1 Å². The van der Waals surface area contributed by atoms with Crippen molar-refractivity contribution in [1.29, 1.82) is 0 Å². The summed E-state index contributed by atoms with van der Waals surface area (Å²) >= 11 is 0. The molecule has 0 saturated heterocycles. The number of amides is 3. The fourth-order valence-corrected chi connectivity index (χ4v) is 8.85. The summed E-state index contributed by atoms with van der Waals surface area (Å²) in [6.45, 7) is 0. The quantitative estimate of drug-likeness (QED) is 0.124. The van der Waals surface area contributed by atoms with Crippen LogP contribution in [0.1, 0.15) is 46.4 Å². The predicted molar refractivity (Wildman–Crippen MR) is 245 cm³/mol. The molecule has 0 bridgehead atoms. The lowest BCUT2D eigenvalue weighted by atomic mass is 10.1. The van der Waals surface area contributed by atoms with E-state index in [-0.39, 0.29) is 33.6 Å². The van der Waals surface area contributed by atoms with E-state index in [1.54, 1.807) is 83.5 Å². The first kappa shape index (κ1) is 44.8. The topological polar surface area (TPSA) is 208 Å². The molecule has 3 amide bonds. The first-order valence-corrected chi connectivity index (χ1v) is 24.0. The summed E-state index contributed by atoms with van der Waals surface area (Å²) < 4.78 is 70.6. The van der Waals surface area contributed by atoms with E-state index in [1.165, 1.54) is 6.20 Å². The molecular formula is C47H39F3N10O5S2. The van der Waals surface area contributed by atoms with Crippen LogP contribution < -0.4 is 15.8 Å². The Morgan fingerprint density at radius 2 is 1.10 bits per heavy atom. The average Bonchev–Trinajstić information content (AvgIpc) is 4.25. The van der Waals surface area contributed by atoms with Gasteiger partial charge in [-0.25, -0.2) is 33.5 Å². The molecule has 2 atom stereocenters. The Morgan fingerprint density at radius 3 is 1.54 bits per heavy atom. The zero-order valence-corrected chi connectivity index (χ0v) is 37.0. The Hall–Kier alpha value is -7.42. The lowest BCUT2D eigenvalue weighted by Crippen LogP contribution is -2.25. The maximum absolute atomic E-state index is 13.4. The van der Waals surface area contributed by atoms with Gasteiger partial charge in [0, 0.05) is 64.1 Å². The van der Waals surface area contributed by atoms with Crippen molar-refractivity contribution in [2.45, 2.75) is 54.0 Å². The highest BCUT2D eigenvalue weighted by Crippen LogP contribution is 2.31. The Kier molecular flexibility index (Phi) is 12.1. The van der Waals surface area contributed by atoms with Crippen LogP contribution in [-0.4, -0.2) is 79.4 Å². The van der Waals surface area contributed by atoms with Crippen molar-refractivity contribution in [2.24, 2.45) is 9.50 Å². The number of benzene rings is 4. The van der Waals surface area contributed by atoms with Crippen molar-refractivity contribution in [1.82, 2.24) is 39.4 Å². The van der Waals surface area contributed by atoms with Crippen LogP contribution in [0.2, 0.25) is 0 Å². The molecule has 2 saturated carbocycles. The Balaban J connectivity index is 0.000000171. The second-order valence-electron chi connectivity index (χ2n) is 15.9. The summed E-state index contributed by atoms with van der Waals surface area (Å²) in [7, 11) is -5.72. The van der Waals surface area contributed by atoms with Crippen LogP contribution in [-0.2, 0) is 25.5 Å². The molecule has 2 unspecified atom stereocenters. The van der Waals surface area contributed by atoms with Crippen LogP contribution in [0.25, 0.3) is 56.3 Å². The third kappa shape index (κ3) is 9.91. The minimum Gasteiger partial charge on any atom is -0.349 e. The molecule has 20 heteroatoms. The third-order valence-corrected chi connectivity index (χ3v) is 13.0. The summed E-state index contributed by atoms with van der Waals surface area (Å²) in [6.07, 6.45) is 6.30. The van der Waals surface area contributed by atoms with Gasteiger partial charge in [0.1, 0.15) is 20.7 Å². The van der Waals surface area contributed by atoms with Crippen LogP contribution in [0.4, 0.5) is 13.2 Å². The van der Waals surface area contributed by atoms with Gasteiger partial charge in [-0.3, -0.25) is 23.2 Å². The van der Waals surface area contributed by atoms with Gasteiger partial charge in [0.2, 0.25) is 0 Å². The first-order chi connectivity index (χ1) is 32.1. The average molecular weight is 945 g/mol. The number of hydrogen-bond donors (Lipinski definition) is 3. The van der Waals surface area contributed by atoms with Crippen molar-refractivity contribution in [3.63, 3.8) is 0 Å². The molecule has 2 aliphatic rings. The number of alkyl halides is 3. The normalized spacial score (nSPS) is 14.9. The van der Waals surface area contributed by atoms with Gasteiger partial charge in [-0.15, -0.1) is 4.36 Å². The number of aromatic nitrogens is 6. The highest BCUT2D eigenvalue weighted by atomic mass is 32.2. The smallest absolute Gasteiger partial charge is 0.349 e. The van der Waals surface area contributed by atoms with E-state index in [0.717, 1.165) is 48.8 Å². The molecule has 4 aromatic heterocycles. The zero-order valence-electron chi connectivity index (χ0n) is 35.4. The Bertz CT molecular complexity index is 3350. The highest BCUT2D eigenvalue weighted by Gasteiger charge is 2.40. The van der Waals surface area contributed by atoms with Gasteiger partial charge in [-0.05, 0) is 49.9 Å². The van der Waals surface area contributed by atoms with Crippen LogP contribution in [0, 0.1) is 0 Å². The number of imidazole rings is 2. The number of nitrogens with two attached hydrogens (primary N) is 1. The lowest BCUT2D eigenvalue weighted by Gasteiger charge is -2.11. The van der Waals surface area contributed by atoms with E-state index in [9.17, 15) is 36.0 Å². The summed E-state index contributed by atoms with van der Waals surface area (Å²) in [5.74, 6) is -2.69. The zero-order chi connectivity index (χ0) is 47.0. The minimum atomic E-state index is -5.28. The molecule has 15 nitrogen and oxygen atoms in total. The summed E-state index contributed by atoms with van der Waals surface area (Å²) in [5, 5.41) is 11.5. The van der Waals surface area contributed by atoms with Crippen molar-refractivity contribution in [3.8, 4) is 45.0 Å². The fourth-order valence-electron chi connectivity index (χ4n) is 7.06. The Morgan fingerprint density at radius 1 is 0.672 bits per heavy atom. The Labute approximate surface area is 383 Å². The van der Waals surface area contributed by atoms with Gasteiger partial charge in [-0.1, -0.05) is 84.9 Å². The number of carbonyl (C=O) groups is 3. The minimum absolute atomic E-state index is 0.00328. The number of fused-ring (bicyclic) bond motifs is 2. The van der Waals surface area contributed by atoms with E-state index >= 15 is 0 Å². The molecule has 0 aliphatic heterocycles. The number of halogens is 3. The van der Waals surface area contributed by atoms with Crippen LogP contribution in [0.5, 0.6) is 0 Å².